The number of ether oxygens (including phenoxy) is 1. The third-order valence-electron chi connectivity index (χ3n) is 2.25. The van der Waals surface area contributed by atoms with E-state index in [4.69, 9.17) is 21.9 Å². The van der Waals surface area contributed by atoms with E-state index in [2.05, 4.69) is 0 Å². The van der Waals surface area contributed by atoms with Gasteiger partial charge in [-0.05, 0) is 24.3 Å². The second-order valence-electron chi connectivity index (χ2n) is 3.62. The van der Waals surface area contributed by atoms with E-state index in [-0.39, 0.29) is 18.2 Å². The topological polar surface area (TPSA) is 108 Å². The molecule has 7 N–H and O–H groups in total. The van der Waals surface area contributed by atoms with Gasteiger partial charge in [-0.1, -0.05) is 0 Å². The number of benzene rings is 2. The second-order valence-corrected chi connectivity index (χ2v) is 3.62. The summed E-state index contributed by atoms with van der Waals surface area (Å²) in [5.74, 6) is 0.807. The number of hydrogen-bond donors (Lipinski definition) is 4. The van der Waals surface area contributed by atoms with Crippen LogP contribution in [0.4, 0.5) is 17.1 Å². The Morgan fingerprint density at radius 1 is 0.833 bits per heavy atom. The third kappa shape index (κ3) is 2.89. The molecular formula is C12H14ClN3O2. The van der Waals surface area contributed by atoms with Gasteiger partial charge in [0.05, 0.1) is 11.4 Å². The standard InChI is InChI=1S/C12H13N3O2.ClH/c13-7-1-3-9(14)11(5-7)17-12-6-8(16)2-4-10(12)15;/h1-6,16H,13-15H2;1H. The number of anilines is 3. The van der Waals surface area contributed by atoms with Crippen LogP contribution in [-0.4, -0.2) is 5.11 Å². The van der Waals surface area contributed by atoms with Crippen LogP contribution in [0, 0.1) is 0 Å². The van der Waals surface area contributed by atoms with E-state index in [1.807, 2.05) is 0 Å². The number of phenols is 1. The molecule has 2 rings (SSSR count). The molecule has 0 aliphatic rings. The van der Waals surface area contributed by atoms with E-state index in [9.17, 15) is 5.11 Å². The summed E-state index contributed by atoms with van der Waals surface area (Å²) >= 11 is 0. The largest absolute Gasteiger partial charge is 0.508 e. The number of halogens is 1. The molecule has 0 aliphatic carbocycles. The summed E-state index contributed by atoms with van der Waals surface area (Å²) in [6.45, 7) is 0. The summed E-state index contributed by atoms with van der Waals surface area (Å²) in [5.41, 5.74) is 18.5. The molecule has 0 aromatic heterocycles. The van der Waals surface area contributed by atoms with Crippen molar-refractivity contribution in [2.75, 3.05) is 17.2 Å². The van der Waals surface area contributed by atoms with Gasteiger partial charge in [0.15, 0.2) is 11.5 Å². The molecule has 96 valence electrons. The molecule has 6 heteroatoms. The van der Waals surface area contributed by atoms with Crippen LogP contribution in [0.5, 0.6) is 17.2 Å². The fraction of sp³-hybridized carbons (Fsp3) is 0. The molecule has 5 nitrogen and oxygen atoms in total. The van der Waals surface area contributed by atoms with Crippen molar-refractivity contribution in [1.29, 1.82) is 0 Å². The molecule has 0 amide bonds. The second kappa shape index (κ2) is 5.37. The van der Waals surface area contributed by atoms with Crippen molar-refractivity contribution in [3.8, 4) is 17.2 Å². The Bertz CT molecular complexity index is 512. The molecular weight excluding hydrogens is 254 g/mol. The van der Waals surface area contributed by atoms with E-state index in [1.54, 1.807) is 24.3 Å². The molecule has 0 aliphatic heterocycles. The minimum atomic E-state index is 0. The average Bonchev–Trinajstić information content (AvgIpc) is 2.28. The molecule has 2 aromatic rings. The highest BCUT2D eigenvalue weighted by Gasteiger charge is 2.06. The average molecular weight is 268 g/mol. The molecule has 0 saturated carbocycles. The van der Waals surface area contributed by atoms with E-state index >= 15 is 0 Å². The van der Waals surface area contributed by atoms with E-state index in [0.29, 0.717) is 28.6 Å². The lowest BCUT2D eigenvalue weighted by molar-refractivity contribution is 0.457. The van der Waals surface area contributed by atoms with Crippen molar-refractivity contribution in [2.45, 2.75) is 0 Å². The number of nitrogens with two attached hydrogens (primary N) is 3. The highest BCUT2D eigenvalue weighted by molar-refractivity contribution is 5.85. The summed E-state index contributed by atoms with van der Waals surface area (Å²) in [7, 11) is 0. The first kappa shape index (κ1) is 13.8. The first-order valence-corrected chi connectivity index (χ1v) is 4.97. The van der Waals surface area contributed by atoms with Gasteiger partial charge >= 0.3 is 0 Å². The maximum absolute atomic E-state index is 9.35. The molecule has 18 heavy (non-hydrogen) atoms. The van der Waals surface area contributed by atoms with Gasteiger partial charge in [-0.15, -0.1) is 12.4 Å². The van der Waals surface area contributed by atoms with E-state index < -0.39 is 0 Å². The lowest BCUT2D eigenvalue weighted by Gasteiger charge is -2.11. The molecule has 0 fully saturated rings. The zero-order chi connectivity index (χ0) is 12.4. The van der Waals surface area contributed by atoms with Crippen LogP contribution < -0.4 is 21.9 Å². The normalized spacial score (nSPS) is 9.56. The molecule has 0 spiro atoms. The van der Waals surface area contributed by atoms with Crippen LogP contribution >= 0.6 is 12.4 Å². The van der Waals surface area contributed by atoms with Gasteiger partial charge in [0.2, 0.25) is 0 Å². The predicted octanol–water partition coefficient (Wildman–Crippen LogP) is 2.35. The summed E-state index contributed by atoms with van der Waals surface area (Å²) < 4.78 is 5.51. The van der Waals surface area contributed by atoms with Crippen LogP contribution in [0.3, 0.4) is 0 Å². The van der Waals surface area contributed by atoms with Gasteiger partial charge in [-0.2, -0.15) is 0 Å². The van der Waals surface area contributed by atoms with Crippen LogP contribution in [-0.2, 0) is 0 Å². The zero-order valence-electron chi connectivity index (χ0n) is 9.46. The Morgan fingerprint density at radius 3 is 2.06 bits per heavy atom. The lowest BCUT2D eigenvalue weighted by Crippen LogP contribution is -1.96. The Balaban J connectivity index is 0.00000162. The maximum Gasteiger partial charge on any atom is 0.154 e. The summed E-state index contributed by atoms with van der Waals surface area (Å²) in [6, 6.07) is 9.35. The van der Waals surface area contributed by atoms with Crippen molar-refractivity contribution in [3.63, 3.8) is 0 Å². The van der Waals surface area contributed by atoms with Crippen LogP contribution in [0.2, 0.25) is 0 Å². The smallest absolute Gasteiger partial charge is 0.154 e. The SMILES string of the molecule is Cl.Nc1ccc(N)c(Oc2cc(O)ccc2N)c1. The van der Waals surface area contributed by atoms with Gasteiger partial charge in [-0.25, -0.2) is 0 Å². The molecule has 0 bridgehead atoms. The minimum absolute atomic E-state index is 0. The first-order valence-electron chi connectivity index (χ1n) is 4.97. The van der Waals surface area contributed by atoms with Gasteiger partial charge < -0.3 is 27.0 Å². The molecule has 2 aromatic carbocycles. The van der Waals surface area contributed by atoms with Crippen molar-refractivity contribution < 1.29 is 9.84 Å². The molecule has 0 atom stereocenters. The highest BCUT2D eigenvalue weighted by atomic mass is 35.5. The van der Waals surface area contributed by atoms with Crippen LogP contribution in [0.1, 0.15) is 0 Å². The zero-order valence-corrected chi connectivity index (χ0v) is 10.3. The number of rotatable bonds is 2. The van der Waals surface area contributed by atoms with Crippen LogP contribution in [0.15, 0.2) is 36.4 Å². The molecule has 0 radical (unpaired) electrons. The van der Waals surface area contributed by atoms with Gasteiger partial charge in [-0.3, -0.25) is 0 Å². The van der Waals surface area contributed by atoms with Crippen molar-refractivity contribution >= 4 is 29.5 Å². The minimum Gasteiger partial charge on any atom is -0.508 e. The van der Waals surface area contributed by atoms with Gasteiger partial charge in [0, 0.05) is 17.8 Å². The fourth-order valence-corrected chi connectivity index (χ4v) is 1.37. The van der Waals surface area contributed by atoms with Crippen LogP contribution in [0.25, 0.3) is 0 Å². The monoisotopic (exact) mass is 267 g/mol. The summed E-state index contributed by atoms with van der Waals surface area (Å²) in [4.78, 5) is 0. The lowest BCUT2D eigenvalue weighted by atomic mass is 10.2. The van der Waals surface area contributed by atoms with Crippen molar-refractivity contribution in [1.82, 2.24) is 0 Å². The number of nitrogen functional groups attached to an aromatic ring is 3. The Morgan fingerprint density at radius 2 is 1.39 bits per heavy atom. The fourth-order valence-electron chi connectivity index (χ4n) is 1.37. The summed E-state index contributed by atoms with van der Waals surface area (Å²) in [6.07, 6.45) is 0. The molecule has 0 saturated heterocycles. The number of phenolic OH excluding ortho intramolecular Hbond substituents is 1. The summed E-state index contributed by atoms with van der Waals surface area (Å²) in [5, 5.41) is 9.35. The van der Waals surface area contributed by atoms with Crippen molar-refractivity contribution in [2.24, 2.45) is 0 Å². The highest BCUT2D eigenvalue weighted by Crippen LogP contribution is 2.34. The quantitative estimate of drug-likeness (QED) is 0.493. The van der Waals surface area contributed by atoms with Gasteiger partial charge in [0.1, 0.15) is 5.75 Å². The maximum atomic E-state index is 9.35. The Kier molecular flexibility index (Phi) is 4.12. The van der Waals surface area contributed by atoms with Gasteiger partial charge in [0.25, 0.3) is 0 Å². The number of hydrogen-bond acceptors (Lipinski definition) is 5. The van der Waals surface area contributed by atoms with E-state index in [0.717, 1.165) is 0 Å². The number of aromatic hydroxyl groups is 1. The molecule has 0 heterocycles. The van der Waals surface area contributed by atoms with E-state index in [1.165, 1.54) is 12.1 Å². The third-order valence-corrected chi connectivity index (χ3v) is 2.25. The molecule has 0 unspecified atom stereocenters. The van der Waals surface area contributed by atoms with Crippen molar-refractivity contribution in [3.05, 3.63) is 36.4 Å². The Labute approximate surface area is 111 Å². The first-order chi connectivity index (χ1) is 8.06. The predicted molar refractivity (Wildman–Crippen MR) is 75.1 cm³/mol. The Hall–Kier alpha value is -2.27.